The Morgan fingerprint density at radius 3 is 2.64 bits per heavy atom. The zero-order chi connectivity index (χ0) is 18.1. The number of ether oxygens (including phenoxy) is 1. The van der Waals surface area contributed by atoms with Crippen LogP contribution in [-0.2, 0) is 28.7 Å². The van der Waals surface area contributed by atoms with Gasteiger partial charge in [0.15, 0.2) is 5.96 Å². The van der Waals surface area contributed by atoms with Crippen molar-refractivity contribution in [3.8, 4) is 0 Å². The predicted molar refractivity (Wildman–Crippen MR) is 105 cm³/mol. The van der Waals surface area contributed by atoms with Crippen LogP contribution in [0.1, 0.15) is 43.7 Å². The van der Waals surface area contributed by atoms with Crippen molar-refractivity contribution < 1.29 is 8.95 Å². The summed E-state index contributed by atoms with van der Waals surface area (Å²) >= 11 is 0. The molecule has 2 N–H and O–H groups in total. The van der Waals surface area contributed by atoms with Gasteiger partial charge in [0, 0.05) is 48.5 Å². The van der Waals surface area contributed by atoms with Crippen LogP contribution in [-0.4, -0.2) is 41.4 Å². The maximum atomic E-state index is 12.1. The first-order chi connectivity index (χ1) is 12.2. The minimum Gasteiger partial charge on any atom is -0.380 e. The lowest BCUT2D eigenvalue weighted by Crippen LogP contribution is -2.46. The highest BCUT2D eigenvalue weighted by Gasteiger charge is 2.25. The molecule has 3 atom stereocenters. The molecule has 25 heavy (non-hydrogen) atoms. The first kappa shape index (κ1) is 19.9. The van der Waals surface area contributed by atoms with Gasteiger partial charge in [-0.3, -0.25) is 9.20 Å². The van der Waals surface area contributed by atoms with Crippen LogP contribution in [0, 0.1) is 0 Å². The molecule has 6 heteroatoms. The molecule has 0 saturated heterocycles. The highest BCUT2D eigenvalue weighted by molar-refractivity contribution is 7.85. The summed E-state index contributed by atoms with van der Waals surface area (Å²) in [4.78, 5) is 4.33. The second-order valence-corrected chi connectivity index (χ2v) is 8.48. The van der Waals surface area contributed by atoms with Crippen LogP contribution in [0.5, 0.6) is 0 Å². The Bertz CT molecular complexity index is 575. The van der Waals surface area contributed by atoms with Crippen molar-refractivity contribution in [2.75, 3.05) is 19.9 Å². The molecule has 0 amide bonds. The first-order valence-corrected chi connectivity index (χ1v) is 10.5. The van der Waals surface area contributed by atoms with Crippen LogP contribution in [0.2, 0.25) is 0 Å². The number of guanidine groups is 1. The van der Waals surface area contributed by atoms with Gasteiger partial charge < -0.3 is 15.4 Å². The fourth-order valence-electron chi connectivity index (χ4n) is 3.24. The first-order valence-electron chi connectivity index (χ1n) is 9.07. The molecule has 2 rings (SSSR count). The lowest BCUT2D eigenvalue weighted by Gasteiger charge is -2.30. The molecule has 1 fully saturated rings. The van der Waals surface area contributed by atoms with Crippen LogP contribution in [0.25, 0.3) is 0 Å². The Morgan fingerprint density at radius 1 is 1.28 bits per heavy atom. The quantitative estimate of drug-likeness (QED) is 0.576. The van der Waals surface area contributed by atoms with Crippen molar-refractivity contribution in [1.29, 1.82) is 0 Å². The third-order valence-corrected chi connectivity index (χ3v) is 6.38. The number of nitrogens with zero attached hydrogens (tertiary/aromatic N) is 1. The van der Waals surface area contributed by atoms with Gasteiger partial charge in [-0.25, -0.2) is 0 Å². The fraction of sp³-hybridized carbons (Fsp3) is 0.632. The Balaban J connectivity index is 1.83. The van der Waals surface area contributed by atoms with E-state index in [0.717, 1.165) is 43.9 Å². The lowest BCUT2D eigenvalue weighted by atomic mass is 9.95. The summed E-state index contributed by atoms with van der Waals surface area (Å²) in [5.74, 6) is 1.57. The summed E-state index contributed by atoms with van der Waals surface area (Å²) in [5, 5.41) is 7.20. The van der Waals surface area contributed by atoms with Crippen LogP contribution < -0.4 is 10.6 Å². The monoisotopic (exact) mass is 365 g/mol. The molecule has 1 aliphatic rings. The molecule has 0 heterocycles. The third kappa shape index (κ3) is 6.44. The maximum absolute atomic E-state index is 12.1. The van der Waals surface area contributed by atoms with Gasteiger partial charge in [-0.15, -0.1) is 0 Å². The molecule has 1 aromatic rings. The van der Waals surface area contributed by atoms with Crippen molar-refractivity contribution in [3.63, 3.8) is 0 Å². The number of nitrogens with one attached hydrogen (secondary N) is 2. The third-order valence-electron chi connectivity index (χ3n) is 4.64. The summed E-state index contributed by atoms with van der Waals surface area (Å²) in [6.45, 7) is 3.37. The minimum absolute atomic E-state index is 0.322. The number of aliphatic imine (C=N–C) groups is 1. The Morgan fingerprint density at radius 2 is 2.00 bits per heavy atom. The number of methoxy groups -OCH3 is 1. The highest BCUT2D eigenvalue weighted by atomic mass is 32.2. The lowest BCUT2D eigenvalue weighted by molar-refractivity contribution is 0.185. The largest absolute Gasteiger partial charge is 0.380 e. The Labute approximate surface area is 154 Å². The van der Waals surface area contributed by atoms with E-state index in [2.05, 4.69) is 39.9 Å². The van der Waals surface area contributed by atoms with E-state index < -0.39 is 10.8 Å². The highest BCUT2D eigenvalue weighted by Crippen LogP contribution is 2.23. The van der Waals surface area contributed by atoms with Gasteiger partial charge in [0.2, 0.25) is 0 Å². The van der Waals surface area contributed by atoms with Crippen molar-refractivity contribution in [1.82, 2.24) is 10.6 Å². The van der Waals surface area contributed by atoms with E-state index in [1.165, 1.54) is 11.1 Å². The average molecular weight is 366 g/mol. The minimum atomic E-state index is -0.699. The number of hydrogen-bond acceptors (Lipinski definition) is 3. The van der Waals surface area contributed by atoms with Gasteiger partial charge in [0.05, 0.1) is 6.61 Å². The van der Waals surface area contributed by atoms with Gasteiger partial charge in [-0.1, -0.05) is 37.6 Å². The van der Waals surface area contributed by atoms with Crippen molar-refractivity contribution in [3.05, 3.63) is 35.4 Å². The summed E-state index contributed by atoms with van der Waals surface area (Å²) in [6, 6.07) is 8.74. The van der Waals surface area contributed by atoms with E-state index in [9.17, 15) is 4.21 Å². The van der Waals surface area contributed by atoms with E-state index in [0.29, 0.717) is 17.9 Å². The number of hydrogen-bond donors (Lipinski definition) is 2. The number of rotatable bonds is 7. The van der Waals surface area contributed by atoms with Gasteiger partial charge in [0.25, 0.3) is 0 Å². The molecular weight excluding hydrogens is 334 g/mol. The molecule has 3 unspecified atom stereocenters. The summed E-state index contributed by atoms with van der Waals surface area (Å²) < 4.78 is 17.2. The van der Waals surface area contributed by atoms with Crippen molar-refractivity contribution >= 4 is 16.8 Å². The zero-order valence-corrected chi connectivity index (χ0v) is 16.4. The van der Waals surface area contributed by atoms with E-state index in [4.69, 9.17) is 4.74 Å². The predicted octanol–water partition coefficient (Wildman–Crippen LogP) is 2.58. The SMILES string of the molecule is CCS(=O)C1CCCC(NC(=NC)NCc2ccc(COC)cc2)C1. The van der Waals surface area contributed by atoms with Crippen LogP contribution >= 0.6 is 0 Å². The second-order valence-electron chi connectivity index (χ2n) is 6.47. The molecule has 0 radical (unpaired) electrons. The Hall–Kier alpha value is -1.40. The molecule has 1 aliphatic carbocycles. The van der Waals surface area contributed by atoms with E-state index in [1.807, 2.05) is 6.92 Å². The fourth-order valence-corrected chi connectivity index (χ4v) is 4.59. The molecule has 0 spiro atoms. The van der Waals surface area contributed by atoms with Gasteiger partial charge in [-0.2, -0.15) is 0 Å². The van der Waals surface area contributed by atoms with Crippen LogP contribution in [0.15, 0.2) is 29.3 Å². The van der Waals surface area contributed by atoms with Gasteiger partial charge >= 0.3 is 0 Å². The topological polar surface area (TPSA) is 62.7 Å². The molecule has 140 valence electrons. The second kappa shape index (κ2) is 10.6. The van der Waals surface area contributed by atoms with Gasteiger partial charge in [0.1, 0.15) is 0 Å². The smallest absolute Gasteiger partial charge is 0.191 e. The molecule has 0 aromatic heterocycles. The maximum Gasteiger partial charge on any atom is 0.191 e. The average Bonchev–Trinajstić information content (AvgIpc) is 2.66. The summed E-state index contributed by atoms with van der Waals surface area (Å²) in [7, 11) is 2.80. The van der Waals surface area contributed by atoms with Crippen molar-refractivity contribution in [2.24, 2.45) is 4.99 Å². The molecule has 1 aromatic carbocycles. The van der Waals surface area contributed by atoms with Crippen LogP contribution in [0.4, 0.5) is 0 Å². The van der Waals surface area contributed by atoms with E-state index >= 15 is 0 Å². The van der Waals surface area contributed by atoms with E-state index in [1.54, 1.807) is 14.2 Å². The van der Waals surface area contributed by atoms with Crippen LogP contribution in [0.3, 0.4) is 0 Å². The molecule has 0 bridgehead atoms. The number of benzene rings is 1. The molecule has 0 aliphatic heterocycles. The molecule has 1 saturated carbocycles. The summed E-state index contributed by atoms with van der Waals surface area (Å²) in [5.41, 5.74) is 2.38. The zero-order valence-electron chi connectivity index (χ0n) is 15.6. The molecule has 5 nitrogen and oxygen atoms in total. The summed E-state index contributed by atoms with van der Waals surface area (Å²) in [6.07, 6.45) is 4.29. The normalized spacial score (nSPS) is 22.4. The molecular formula is C19H31N3O2S. The standard InChI is InChI=1S/C19H31N3O2S/c1-4-25(23)18-7-5-6-17(12-18)22-19(20-2)21-13-15-8-10-16(11-9-15)14-24-3/h8-11,17-18H,4-7,12-14H2,1-3H3,(H2,20,21,22). The Kier molecular flexibility index (Phi) is 8.41. The van der Waals surface area contributed by atoms with Gasteiger partial charge in [-0.05, 0) is 30.4 Å². The van der Waals surface area contributed by atoms with Crippen molar-refractivity contribution in [2.45, 2.75) is 57.1 Å². The van der Waals surface area contributed by atoms with E-state index in [-0.39, 0.29) is 0 Å².